The van der Waals surface area contributed by atoms with E-state index in [-0.39, 0.29) is 5.91 Å². The summed E-state index contributed by atoms with van der Waals surface area (Å²) in [4.78, 5) is 16.2. The topological polar surface area (TPSA) is 72.8 Å². The van der Waals surface area contributed by atoms with Crippen molar-refractivity contribution < 1.29 is 14.3 Å². The monoisotopic (exact) mass is 305 g/mol. The van der Waals surface area contributed by atoms with E-state index < -0.39 is 0 Å². The number of thiazole rings is 1. The Morgan fingerprint density at radius 2 is 1.95 bits per heavy atom. The summed E-state index contributed by atoms with van der Waals surface area (Å²) in [5.41, 5.74) is 3.55. The Morgan fingerprint density at radius 1 is 1.29 bits per heavy atom. The van der Waals surface area contributed by atoms with Crippen molar-refractivity contribution in [3.05, 3.63) is 39.8 Å². The molecule has 0 atom stereocenters. The lowest BCUT2D eigenvalue weighted by atomic mass is 10.2. The van der Waals surface area contributed by atoms with Gasteiger partial charge in [0.15, 0.2) is 0 Å². The highest BCUT2D eigenvalue weighted by molar-refractivity contribution is 7.09. The van der Waals surface area contributed by atoms with Crippen molar-refractivity contribution in [2.45, 2.75) is 6.92 Å². The van der Waals surface area contributed by atoms with Crippen LogP contribution in [0.3, 0.4) is 0 Å². The first-order valence-corrected chi connectivity index (χ1v) is 6.99. The van der Waals surface area contributed by atoms with Crippen molar-refractivity contribution in [2.24, 2.45) is 5.10 Å². The average molecular weight is 305 g/mol. The molecular weight excluding hydrogens is 290 g/mol. The predicted octanol–water partition coefficient (Wildman–Crippen LogP) is 2.23. The fraction of sp³-hybridized carbons (Fsp3) is 0.214. The van der Waals surface area contributed by atoms with Crippen molar-refractivity contribution in [1.29, 1.82) is 0 Å². The zero-order valence-electron chi connectivity index (χ0n) is 11.9. The molecule has 110 valence electrons. The normalized spacial score (nSPS) is 10.6. The van der Waals surface area contributed by atoms with Gasteiger partial charge in [-0.15, -0.1) is 11.3 Å². The smallest absolute Gasteiger partial charge is 0.271 e. The summed E-state index contributed by atoms with van der Waals surface area (Å²) in [6.45, 7) is 1.91. The summed E-state index contributed by atoms with van der Waals surface area (Å²) >= 11 is 1.52. The van der Waals surface area contributed by atoms with E-state index >= 15 is 0 Å². The zero-order valence-corrected chi connectivity index (χ0v) is 12.7. The lowest BCUT2D eigenvalue weighted by Crippen LogP contribution is -2.17. The van der Waals surface area contributed by atoms with Crippen molar-refractivity contribution in [2.75, 3.05) is 14.2 Å². The van der Waals surface area contributed by atoms with Crippen LogP contribution in [0.25, 0.3) is 0 Å². The van der Waals surface area contributed by atoms with E-state index in [2.05, 4.69) is 15.5 Å². The number of aryl methyl sites for hydroxylation is 1. The van der Waals surface area contributed by atoms with Gasteiger partial charge in [0, 0.05) is 17.0 Å². The van der Waals surface area contributed by atoms with Crippen LogP contribution < -0.4 is 14.9 Å². The molecule has 7 heteroatoms. The first-order valence-electron chi connectivity index (χ1n) is 6.11. The number of rotatable bonds is 5. The molecule has 0 aliphatic carbocycles. The second kappa shape index (κ2) is 6.85. The highest BCUT2D eigenvalue weighted by atomic mass is 32.1. The lowest BCUT2D eigenvalue weighted by molar-refractivity contribution is 0.0954. The van der Waals surface area contributed by atoms with Crippen molar-refractivity contribution in [3.8, 4) is 11.5 Å². The lowest BCUT2D eigenvalue weighted by Gasteiger charge is -2.07. The molecule has 1 amide bonds. The minimum Gasteiger partial charge on any atom is -0.497 e. The summed E-state index contributed by atoms with van der Waals surface area (Å²) in [5, 5.41) is 6.69. The van der Waals surface area contributed by atoms with E-state index in [1.54, 1.807) is 18.2 Å². The molecule has 6 nitrogen and oxygen atoms in total. The van der Waals surface area contributed by atoms with E-state index in [1.807, 2.05) is 12.3 Å². The highest BCUT2D eigenvalue weighted by Gasteiger charge is 2.09. The fourth-order valence-electron chi connectivity index (χ4n) is 1.60. The third-order valence-electron chi connectivity index (χ3n) is 2.61. The van der Waals surface area contributed by atoms with Crippen LogP contribution in [0, 0.1) is 6.92 Å². The van der Waals surface area contributed by atoms with Gasteiger partial charge in [0.05, 0.1) is 31.1 Å². The van der Waals surface area contributed by atoms with Crippen molar-refractivity contribution >= 4 is 23.5 Å². The maximum Gasteiger partial charge on any atom is 0.271 e. The van der Waals surface area contributed by atoms with Crippen LogP contribution in [-0.4, -0.2) is 31.3 Å². The van der Waals surface area contributed by atoms with Gasteiger partial charge < -0.3 is 9.47 Å². The molecule has 1 aromatic carbocycles. The Bertz CT molecular complexity index is 645. The molecular formula is C14H15N3O3S. The van der Waals surface area contributed by atoms with Crippen molar-refractivity contribution in [3.63, 3.8) is 0 Å². The predicted molar refractivity (Wildman–Crippen MR) is 81.5 cm³/mol. The number of hydrazone groups is 1. The van der Waals surface area contributed by atoms with Crippen LogP contribution in [0.1, 0.15) is 21.1 Å². The van der Waals surface area contributed by atoms with Crippen molar-refractivity contribution in [1.82, 2.24) is 10.4 Å². The molecule has 0 unspecified atom stereocenters. The fourth-order valence-corrected chi connectivity index (χ4v) is 2.16. The molecule has 0 fully saturated rings. The van der Waals surface area contributed by atoms with Gasteiger partial charge in [-0.05, 0) is 19.1 Å². The summed E-state index contributed by atoms with van der Waals surface area (Å²) in [7, 11) is 3.05. The van der Waals surface area contributed by atoms with Gasteiger partial charge in [0.2, 0.25) is 0 Å². The Kier molecular flexibility index (Phi) is 4.89. The van der Waals surface area contributed by atoms with E-state index in [4.69, 9.17) is 9.47 Å². The number of hydrogen-bond donors (Lipinski definition) is 1. The van der Waals surface area contributed by atoms with Crippen LogP contribution in [0.4, 0.5) is 0 Å². The molecule has 1 heterocycles. The number of carbonyl (C=O) groups excluding carboxylic acids is 1. The maximum atomic E-state index is 12.0. The number of methoxy groups -OCH3 is 2. The molecule has 2 aromatic rings. The number of nitrogens with zero attached hydrogens (tertiary/aromatic N) is 2. The van der Waals surface area contributed by atoms with Gasteiger partial charge in [-0.2, -0.15) is 5.10 Å². The van der Waals surface area contributed by atoms with Crippen LogP contribution >= 0.6 is 11.3 Å². The summed E-state index contributed by atoms with van der Waals surface area (Å²) in [6, 6.07) is 4.92. The number of aromatic nitrogens is 1. The van der Waals surface area contributed by atoms with Crippen LogP contribution in [0.2, 0.25) is 0 Å². The molecule has 0 spiro atoms. The van der Waals surface area contributed by atoms with E-state index in [9.17, 15) is 4.79 Å². The minimum absolute atomic E-state index is 0.351. The molecule has 0 saturated heterocycles. The molecule has 0 radical (unpaired) electrons. The number of benzene rings is 1. The second-order valence-corrected chi connectivity index (χ2v) is 5.15. The Morgan fingerprint density at radius 3 is 2.48 bits per heavy atom. The zero-order chi connectivity index (χ0) is 15.2. The van der Waals surface area contributed by atoms with Gasteiger partial charge in [-0.1, -0.05) is 0 Å². The molecule has 0 saturated carbocycles. The summed E-state index contributed by atoms with van der Waals surface area (Å²) in [6.07, 6.45) is 1.50. The van der Waals surface area contributed by atoms with Gasteiger partial charge in [-0.3, -0.25) is 4.79 Å². The standard InChI is InChI=1S/C14H15N3O3S/c1-9-16-11(8-21-9)7-15-17-14(18)10-4-12(19-2)6-13(5-10)20-3/h4-8H,1-3H3,(H,17,18)/b15-7-. The number of nitrogens with one attached hydrogen (secondary N) is 1. The SMILES string of the molecule is COc1cc(OC)cc(C(=O)N/N=C\c2csc(C)n2)c1. The number of amides is 1. The Balaban J connectivity index is 2.07. The number of ether oxygens (including phenoxy) is 2. The Hall–Kier alpha value is -2.41. The molecule has 0 aliphatic heterocycles. The molecule has 2 rings (SSSR count). The first kappa shape index (κ1) is 15.0. The Labute approximate surface area is 126 Å². The largest absolute Gasteiger partial charge is 0.497 e. The van der Waals surface area contributed by atoms with Gasteiger partial charge >= 0.3 is 0 Å². The van der Waals surface area contributed by atoms with Crippen LogP contribution in [0.15, 0.2) is 28.7 Å². The second-order valence-electron chi connectivity index (χ2n) is 4.09. The third-order valence-corrected chi connectivity index (χ3v) is 3.41. The average Bonchev–Trinajstić information content (AvgIpc) is 2.92. The number of hydrogen-bond acceptors (Lipinski definition) is 6. The highest BCUT2D eigenvalue weighted by Crippen LogP contribution is 2.22. The first-order chi connectivity index (χ1) is 10.1. The maximum absolute atomic E-state index is 12.0. The number of carbonyl (C=O) groups is 1. The van der Waals surface area contributed by atoms with Crippen LogP contribution in [0.5, 0.6) is 11.5 Å². The summed E-state index contributed by atoms with van der Waals surface area (Å²) < 4.78 is 10.2. The van der Waals surface area contributed by atoms with E-state index in [1.165, 1.54) is 31.8 Å². The van der Waals surface area contributed by atoms with Crippen LogP contribution in [-0.2, 0) is 0 Å². The van der Waals surface area contributed by atoms with E-state index in [0.29, 0.717) is 22.8 Å². The van der Waals surface area contributed by atoms with Gasteiger partial charge in [-0.25, -0.2) is 10.4 Å². The molecule has 0 aliphatic rings. The molecule has 0 bridgehead atoms. The quantitative estimate of drug-likeness (QED) is 0.679. The molecule has 1 aromatic heterocycles. The summed E-state index contributed by atoms with van der Waals surface area (Å²) in [5.74, 6) is 0.729. The minimum atomic E-state index is -0.351. The van der Waals surface area contributed by atoms with Gasteiger partial charge in [0.1, 0.15) is 11.5 Å². The van der Waals surface area contributed by atoms with E-state index in [0.717, 1.165) is 5.01 Å². The molecule has 21 heavy (non-hydrogen) atoms. The van der Waals surface area contributed by atoms with Gasteiger partial charge in [0.25, 0.3) is 5.91 Å². The third kappa shape index (κ3) is 4.03. The molecule has 1 N–H and O–H groups in total.